The summed E-state index contributed by atoms with van der Waals surface area (Å²) in [5.41, 5.74) is 3.83. The fraction of sp³-hybridized carbons (Fsp3) is 0.286. The Morgan fingerprint density at radius 3 is 2.81 bits per heavy atom. The van der Waals surface area contributed by atoms with Crippen molar-refractivity contribution in [2.45, 2.75) is 24.9 Å². The van der Waals surface area contributed by atoms with Crippen LogP contribution in [0.1, 0.15) is 24.0 Å². The van der Waals surface area contributed by atoms with Crippen molar-refractivity contribution in [2.24, 2.45) is 4.99 Å². The number of hydrogen-bond acceptors (Lipinski definition) is 5. The van der Waals surface area contributed by atoms with Crippen molar-refractivity contribution in [2.75, 3.05) is 16.8 Å². The summed E-state index contributed by atoms with van der Waals surface area (Å²) in [5, 5.41) is 17.0. The van der Waals surface area contributed by atoms with Crippen LogP contribution in [0.25, 0.3) is 5.76 Å². The van der Waals surface area contributed by atoms with Crippen molar-refractivity contribution >= 4 is 34.7 Å². The summed E-state index contributed by atoms with van der Waals surface area (Å²) in [6.07, 6.45) is 2.12. The number of aliphatic imine (C=N–C) groups is 1. The van der Waals surface area contributed by atoms with Crippen LogP contribution < -0.4 is 10.6 Å². The molecule has 2 heterocycles. The first-order chi connectivity index (χ1) is 12.7. The van der Waals surface area contributed by atoms with Crippen molar-refractivity contribution in [3.8, 4) is 0 Å². The summed E-state index contributed by atoms with van der Waals surface area (Å²) in [5.74, 6) is 3.38. The predicted molar refractivity (Wildman–Crippen MR) is 111 cm³/mol. The van der Waals surface area contributed by atoms with E-state index in [4.69, 9.17) is 4.99 Å². The quantitative estimate of drug-likeness (QED) is 0.689. The van der Waals surface area contributed by atoms with Gasteiger partial charge >= 0.3 is 0 Å². The molecule has 0 amide bonds. The van der Waals surface area contributed by atoms with Crippen LogP contribution in [-0.4, -0.2) is 28.0 Å². The first-order valence-corrected chi connectivity index (χ1v) is 10.1. The van der Waals surface area contributed by atoms with Crippen molar-refractivity contribution in [3.63, 3.8) is 0 Å². The van der Waals surface area contributed by atoms with Crippen LogP contribution >= 0.6 is 11.8 Å². The molecule has 1 spiro atoms. The highest BCUT2D eigenvalue weighted by Gasteiger charge is 2.40. The highest BCUT2D eigenvalue weighted by Crippen LogP contribution is 2.39. The molecule has 1 fully saturated rings. The highest BCUT2D eigenvalue weighted by atomic mass is 32.2. The second-order valence-corrected chi connectivity index (χ2v) is 8.02. The fourth-order valence-corrected chi connectivity index (χ4v) is 4.75. The lowest BCUT2D eigenvalue weighted by atomic mass is 9.88. The van der Waals surface area contributed by atoms with Gasteiger partial charge in [0.2, 0.25) is 0 Å². The van der Waals surface area contributed by atoms with Gasteiger partial charge < -0.3 is 15.7 Å². The van der Waals surface area contributed by atoms with Gasteiger partial charge in [-0.1, -0.05) is 36.9 Å². The summed E-state index contributed by atoms with van der Waals surface area (Å²) in [6, 6.07) is 16.0. The number of amidine groups is 1. The van der Waals surface area contributed by atoms with Crippen molar-refractivity contribution < 1.29 is 5.11 Å². The van der Waals surface area contributed by atoms with E-state index in [-0.39, 0.29) is 11.3 Å². The molecule has 0 aromatic heterocycles. The van der Waals surface area contributed by atoms with Crippen LogP contribution in [0, 0.1) is 0 Å². The Morgan fingerprint density at radius 1 is 1.19 bits per heavy atom. The van der Waals surface area contributed by atoms with Gasteiger partial charge in [-0.3, -0.25) is 0 Å². The molecule has 0 unspecified atom stereocenters. The smallest absolute Gasteiger partial charge is 0.128 e. The van der Waals surface area contributed by atoms with Gasteiger partial charge in [-0.05, 0) is 48.1 Å². The molecule has 0 bridgehead atoms. The summed E-state index contributed by atoms with van der Waals surface area (Å²) in [7, 11) is 0. The zero-order valence-corrected chi connectivity index (χ0v) is 15.5. The lowest BCUT2D eigenvalue weighted by molar-refractivity contribution is 0.513. The van der Waals surface area contributed by atoms with Gasteiger partial charge in [0.15, 0.2) is 0 Å². The Morgan fingerprint density at radius 2 is 2.00 bits per heavy atom. The van der Waals surface area contributed by atoms with Gasteiger partial charge in [0.1, 0.15) is 11.6 Å². The van der Waals surface area contributed by atoms with Gasteiger partial charge in [-0.15, -0.1) is 0 Å². The molecule has 26 heavy (non-hydrogen) atoms. The third-order valence-electron chi connectivity index (χ3n) is 5.03. The van der Waals surface area contributed by atoms with E-state index in [9.17, 15) is 5.11 Å². The number of hydrogen-bond donors (Lipinski definition) is 3. The maximum atomic E-state index is 9.62. The number of fused-ring (bicyclic) bond motifs is 1. The first kappa shape index (κ1) is 17.0. The Labute approximate surface area is 158 Å². The third kappa shape index (κ3) is 3.31. The number of rotatable bonds is 3. The number of thioether (sulfide) groups is 1. The van der Waals surface area contributed by atoms with Crippen molar-refractivity contribution in [1.29, 1.82) is 0 Å². The minimum absolute atomic E-state index is 0.0956. The Balaban J connectivity index is 1.61. The summed E-state index contributed by atoms with van der Waals surface area (Å²) in [4.78, 5) is 4.96. The minimum atomic E-state index is -0.113. The Kier molecular flexibility index (Phi) is 4.64. The van der Waals surface area contributed by atoms with E-state index in [1.54, 1.807) is 0 Å². The average Bonchev–Trinajstić information content (AvgIpc) is 2.67. The van der Waals surface area contributed by atoms with Crippen LogP contribution in [0.3, 0.4) is 0 Å². The highest BCUT2D eigenvalue weighted by molar-refractivity contribution is 7.99. The predicted octanol–water partition coefficient (Wildman–Crippen LogP) is 4.73. The Bertz CT molecular complexity index is 856. The number of aliphatic hydroxyl groups is 1. The standard InChI is InChI=1S/C21H23N3OS/c1-15(25)17-6-4-5-16(13-17)14-22-20-21(9-11-26-12-10-21)24-19-8-3-2-7-18(19)23-20/h2-8,13,24-25H,1,9-12,14H2,(H,22,23). The molecule has 1 saturated heterocycles. The van der Waals surface area contributed by atoms with E-state index < -0.39 is 0 Å². The molecule has 4 nitrogen and oxygen atoms in total. The number of para-hydroxylation sites is 2. The fourth-order valence-electron chi connectivity index (χ4n) is 3.56. The molecular formula is C21H23N3OS. The second-order valence-electron chi connectivity index (χ2n) is 6.80. The van der Waals surface area contributed by atoms with Gasteiger partial charge in [0.05, 0.1) is 16.9 Å². The van der Waals surface area contributed by atoms with Gasteiger partial charge in [0.25, 0.3) is 0 Å². The molecule has 0 radical (unpaired) electrons. The number of benzene rings is 2. The molecule has 2 aliphatic heterocycles. The van der Waals surface area contributed by atoms with Crippen LogP contribution in [0.15, 0.2) is 60.1 Å². The van der Waals surface area contributed by atoms with Crippen LogP contribution in [0.2, 0.25) is 0 Å². The number of nitrogens with one attached hydrogen (secondary N) is 2. The molecule has 2 aromatic carbocycles. The molecule has 134 valence electrons. The normalized spacial score (nSPS) is 17.8. The molecule has 4 rings (SSSR count). The van der Waals surface area contributed by atoms with Gasteiger partial charge in [0, 0.05) is 12.1 Å². The monoisotopic (exact) mass is 365 g/mol. The molecule has 0 saturated carbocycles. The maximum absolute atomic E-state index is 9.62. The molecular weight excluding hydrogens is 342 g/mol. The molecule has 0 aliphatic carbocycles. The largest absolute Gasteiger partial charge is 0.508 e. The zero-order chi connectivity index (χ0) is 18.0. The average molecular weight is 366 g/mol. The minimum Gasteiger partial charge on any atom is -0.508 e. The van der Waals surface area contributed by atoms with E-state index in [0.29, 0.717) is 6.54 Å². The summed E-state index contributed by atoms with van der Waals surface area (Å²) in [6.45, 7) is 4.27. The van der Waals surface area contributed by atoms with Gasteiger partial charge in [-0.2, -0.15) is 11.8 Å². The molecule has 3 N–H and O–H groups in total. The van der Waals surface area contributed by atoms with Crippen molar-refractivity contribution in [1.82, 2.24) is 5.32 Å². The molecule has 5 heteroatoms. The Hall–Kier alpha value is -2.40. The maximum Gasteiger partial charge on any atom is 0.128 e. The van der Waals surface area contributed by atoms with Crippen LogP contribution in [0.4, 0.5) is 11.4 Å². The van der Waals surface area contributed by atoms with Crippen molar-refractivity contribution in [3.05, 3.63) is 66.2 Å². The van der Waals surface area contributed by atoms with E-state index in [1.807, 2.05) is 48.2 Å². The SMILES string of the molecule is C=C(O)c1cccc(CNC2=Nc3ccccc3NC23CCSCC3)c1. The van der Waals surface area contributed by atoms with E-state index in [1.165, 1.54) is 0 Å². The number of aliphatic hydroxyl groups excluding tert-OH is 1. The number of nitrogens with zero attached hydrogens (tertiary/aromatic N) is 1. The summed E-state index contributed by atoms with van der Waals surface area (Å²) >= 11 is 2.01. The molecule has 2 aliphatic rings. The molecule has 2 aromatic rings. The van der Waals surface area contributed by atoms with Gasteiger partial charge in [-0.25, -0.2) is 4.99 Å². The second kappa shape index (κ2) is 7.08. The van der Waals surface area contributed by atoms with E-state index in [0.717, 1.165) is 52.7 Å². The van der Waals surface area contributed by atoms with Crippen LogP contribution in [-0.2, 0) is 6.54 Å². The topological polar surface area (TPSA) is 56.6 Å². The van der Waals surface area contributed by atoms with Crippen LogP contribution in [0.5, 0.6) is 0 Å². The first-order valence-electron chi connectivity index (χ1n) is 8.91. The lowest BCUT2D eigenvalue weighted by Crippen LogP contribution is -2.55. The van der Waals surface area contributed by atoms with E-state index in [2.05, 4.69) is 29.3 Å². The zero-order valence-electron chi connectivity index (χ0n) is 14.7. The lowest BCUT2D eigenvalue weighted by Gasteiger charge is -2.42. The third-order valence-corrected chi connectivity index (χ3v) is 6.02. The number of anilines is 1. The van der Waals surface area contributed by atoms with E-state index >= 15 is 0 Å². The molecule has 0 atom stereocenters. The summed E-state index contributed by atoms with van der Waals surface area (Å²) < 4.78 is 0.